The molecular formula is C48H81Cl3Si7Ti. The Labute approximate surface area is 405 Å². The Kier molecular flexibility index (Phi) is 19.3. The van der Waals surface area contributed by atoms with Gasteiger partial charge in [-0.15, -0.1) is 5.19 Å². The fraction of sp³-hybridized carbons (Fsp3) is 0.521. The molecular weight excluding hydrogens is 927 g/mol. The molecule has 0 aromatic heterocycles. The quantitative estimate of drug-likeness (QED) is 0.111. The van der Waals surface area contributed by atoms with Crippen LogP contribution in [-0.4, -0.2) is 56.5 Å². The first kappa shape index (κ1) is 59.1. The largest absolute Gasteiger partial charge is 4.00 e. The molecule has 0 bridgehead atoms. The van der Waals surface area contributed by atoms with Crippen LogP contribution in [-0.2, 0) is 21.7 Å². The van der Waals surface area contributed by atoms with Crippen LogP contribution in [0.3, 0.4) is 0 Å². The molecule has 59 heavy (non-hydrogen) atoms. The first-order valence-corrected chi connectivity index (χ1v) is 44.2. The van der Waals surface area contributed by atoms with Crippen LogP contribution >= 0.6 is 0 Å². The molecule has 326 valence electrons. The maximum atomic E-state index is 2.69. The van der Waals surface area contributed by atoms with Crippen molar-refractivity contribution in [3.8, 4) is 0 Å². The molecule has 0 heterocycles. The van der Waals surface area contributed by atoms with Crippen LogP contribution in [0, 0.1) is 48.5 Å². The van der Waals surface area contributed by atoms with Crippen LogP contribution in [0.25, 0.3) is 0 Å². The van der Waals surface area contributed by atoms with Crippen molar-refractivity contribution in [1.82, 2.24) is 0 Å². The summed E-state index contributed by atoms with van der Waals surface area (Å²) in [5.74, 6) is 0. The van der Waals surface area contributed by atoms with E-state index in [1.165, 1.54) is 27.8 Å². The summed E-state index contributed by atoms with van der Waals surface area (Å²) in [5, 5.41) is 17.9. The Morgan fingerprint density at radius 2 is 0.508 bits per heavy atom. The van der Waals surface area contributed by atoms with E-state index in [1.807, 2.05) is 15.6 Å². The summed E-state index contributed by atoms with van der Waals surface area (Å²) in [4.78, 5) is 0. The van der Waals surface area contributed by atoms with Crippen molar-refractivity contribution in [3.63, 3.8) is 0 Å². The Hall–Kier alpha value is 0.112. The zero-order valence-corrected chi connectivity index (χ0v) is 52.9. The first-order valence-electron chi connectivity index (χ1n) is 21.2. The van der Waals surface area contributed by atoms with Crippen LogP contribution in [0.4, 0.5) is 0 Å². The molecule has 0 atom stereocenters. The zero-order valence-electron chi connectivity index (χ0n) is 42.1. The summed E-state index contributed by atoms with van der Waals surface area (Å²) in [6.07, 6.45) is 0. The Morgan fingerprint density at radius 3 is 0.678 bits per heavy atom. The van der Waals surface area contributed by atoms with Gasteiger partial charge in [0.15, 0.2) is 0 Å². The maximum absolute atomic E-state index is 3.21. The van der Waals surface area contributed by atoms with E-state index < -0.39 is 56.5 Å². The van der Waals surface area contributed by atoms with Crippen molar-refractivity contribution in [1.29, 1.82) is 0 Å². The van der Waals surface area contributed by atoms with Gasteiger partial charge < -0.3 is 37.2 Å². The molecule has 0 fully saturated rings. The van der Waals surface area contributed by atoms with Gasteiger partial charge in [0.25, 0.3) is 0 Å². The average Bonchev–Trinajstić information content (AvgIpc) is 3.16. The third-order valence-electron chi connectivity index (χ3n) is 12.9. The third-order valence-corrected chi connectivity index (χ3v) is 32.2. The standard InChI is InChI=1S/C48H81Si7.3ClH.Ti/c1-32-26-29-39(49(8,9)10)46(42(32)52(17,18)19)55(45-37(6)35(4)36(5)38(45)7,47-40(50(11,12)13)30-27-33(2)43(47)53(20,21)22)48-41(51(14,15)16)31-28-34(3)44(48)54(23,24)25;;;;/h26-31H,1-25H3;3*1H;/q-1;;;;+4/p-3. The minimum Gasteiger partial charge on any atom is -1.00 e. The minimum atomic E-state index is -3.21. The van der Waals surface area contributed by atoms with Crippen LogP contribution < -0.4 is 89.1 Å². The van der Waals surface area contributed by atoms with Crippen molar-refractivity contribution in [2.45, 2.75) is 166 Å². The first-order chi connectivity index (χ1) is 24.5. The molecule has 0 nitrogen and oxygen atoms in total. The van der Waals surface area contributed by atoms with Gasteiger partial charge in [0.05, 0.1) is 48.4 Å². The molecule has 0 spiro atoms. The number of aryl methyl sites for hydroxylation is 3. The third kappa shape index (κ3) is 10.6. The average molecular weight is 1010 g/mol. The summed E-state index contributed by atoms with van der Waals surface area (Å²) < 4.78 is 0. The second-order valence-corrected chi connectivity index (χ2v) is 57.3. The normalized spacial score (nSPS) is 13.0. The number of hydrogen-bond donors (Lipinski definition) is 0. The van der Waals surface area contributed by atoms with Gasteiger partial charge >= 0.3 is 21.7 Å². The molecule has 4 aromatic rings. The molecule has 0 saturated heterocycles. The Balaban J connectivity index is 0.00000841. The van der Waals surface area contributed by atoms with Gasteiger partial charge in [-0.3, -0.25) is 0 Å². The van der Waals surface area contributed by atoms with Crippen molar-refractivity contribution >= 4 is 108 Å². The van der Waals surface area contributed by atoms with Crippen molar-refractivity contribution < 1.29 is 58.9 Å². The van der Waals surface area contributed by atoms with E-state index in [0.717, 1.165) is 0 Å². The summed E-state index contributed by atoms with van der Waals surface area (Å²) in [5.41, 5.74) is 10.8. The topological polar surface area (TPSA) is 0 Å². The summed E-state index contributed by atoms with van der Waals surface area (Å²) in [7, 11) is -14.9. The molecule has 4 aromatic carbocycles. The maximum Gasteiger partial charge on any atom is 4.00 e. The van der Waals surface area contributed by atoms with Crippen LogP contribution in [0.5, 0.6) is 0 Å². The molecule has 0 saturated carbocycles. The second-order valence-electron chi connectivity index (χ2n) is 23.7. The predicted molar refractivity (Wildman–Crippen MR) is 277 cm³/mol. The molecule has 4 rings (SSSR count). The van der Waals surface area contributed by atoms with Crippen LogP contribution in [0.15, 0.2) is 36.4 Å². The van der Waals surface area contributed by atoms with Crippen LogP contribution in [0.1, 0.15) is 38.9 Å². The van der Waals surface area contributed by atoms with Gasteiger partial charge in [-0.1, -0.05) is 245 Å². The molecule has 0 unspecified atom stereocenters. The van der Waals surface area contributed by atoms with Gasteiger partial charge in [-0.2, -0.15) is 22.3 Å². The van der Waals surface area contributed by atoms with Gasteiger partial charge in [0.2, 0.25) is 0 Å². The number of halogens is 3. The monoisotopic (exact) mass is 1010 g/mol. The van der Waals surface area contributed by atoms with E-state index in [2.05, 4.69) is 203 Å². The smallest absolute Gasteiger partial charge is 1.00 e. The van der Waals surface area contributed by atoms with Gasteiger partial charge in [-0.25, -0.2) is 0 Å². The predicted octanol–water partition coefficient (Wildman–Crippen LogP) is -0.777. The fourth-order valence-electron chi connectivity index (χ4n) is 10.6. The van der Waals surface area contributed by atoms with Crippen molar-refractivity contribution in [2.24, 2.45) is 0 Å². The zero-order chi connectivity index (χ0) is 42.6. The second kappa shape index (κ2) is 19.3. The van der Waals surface area contributed by atoms with Gasteiger partial charge in [0.1, 0.15) is 8.07 Å². The molecule has 0 aliphatic rings. The summed E-state index contributed by atoms with van der Waals surface area (Å²) in [6, 6.07) is 15.8. The Bertz CT molecular complexity index is 1920. The number of benzene rings is 3. The van der Waals surface area contributed by atoms with Gasteiger partial charge in [-0.05, 0) is 20.8 Å². The molecule has 0 N–H and O–H groups in total. The minimum absolute atomic E-state index is 0. The molecule has 0 amide bonds. The van der Waals surface area contributed by atoms with E-state index in [0.29, 0.717) is 0 Å². The fourth-order valence-corrected chi connectivity index (χ4v) is 38.1. The summed E-state index contributed by atoms with van der Waals surface area (Å²) >= 11 is 0. The number of hydrogen-bond acceptors (Lipinski definition) is 0. The van der Waals surface area contributed by atoms with E-state index in [-0.39, 0.29) is 58.9 Å². The van der Waals surface area contributed by atoms with Crippen molar-refractivity contribution in [2.75, 3.05) is 0 Å². The van der Waals surface area contributed by atoms with E-state index in [1.54, 1.807) is 47.4 Å². The SMILES string of the molecule is Cc1ccc([Si](C)(C)C)c([Si](c2c([Si](C)(C)C)ccc(C)c2[Si](C)(C)C)(c2c([Si](C)(C)C)ccc(C)c2[Si](C)(C)C)[c-]2c(C)c(C)c(C)c2C)c1[Si](C)(C)C.[Cl-].[Cl-].[Cl-].[Ti+4]. The van der Waals surface area contributed by atoms with Gasteiger partial charge in [0, 0.05) is 0 Å². The Morgan fingerprint density at radius 1 is 0.305 bits per heavy atom. The molecule has 0 aliphatic heterocycles. The van der Waals surface area contributed by atoms with E-state index >= 15 is 0 Å². The molecule has 11 heteroatoms. The summed E-state index contributed by atoms with van der Waals surface area (Å²) in [6.45, 7) is 65.6. The molecule has 0 aliphatic carbocycles. The van der Waals surface area contributed by atoms with E-state index in [9.17, 15) is 0 Å². The molecule has 0 radical (unpaired) electrons. The number of rotatable bonds is 10. The van der Waals surface area contributed by atoms with E-state index in [4.69, 9.17) is 0 Å². The van der Waals surface area contributed by atoms with Crippen molar-refractivity contribution in [3.05, 3.63) is 75.3 Å². The van der Waals surface area contributed by atoms with Crippen LogP contribution in [0.2, 0.25) is 118 Å².